The van der Waals surface area contributed by atoms with Gasteiger partial charge in [0.15, 0.2) is 0 Å². The van der Waals surface area contributed by atoms with Gasteiger partial charge in [-0.15, -0.1) is 0 Å². The summed E-state index contributed by atoms with van der Waals surface area (Å²) in [6, 6.07) is 0. The molecular formula is C21H36O3. The Labute approximate surface area is 147 Å². The van der Waals surface area contributed by atoms with Crippen LogP contribution in [0, 0.1) is 34.5 Å². The summed E-state index contributed by atoms with van der Waals surface area (Å²) < 4.78 is 6.07. The number of hydrogen-bond acceptors (Lipinski definition) is 3. The summed E-state index contributed by atoms with van der Waals surface area (Å²) in [4.78, 5) is 0. The predicted octanol–water partition coefficient (Wildman–Crippen LogP) is 3.77. The molecule has 4 aliphatic rings. The number of ether oxygens (including phenoxy) is 1. The van der Waals surface area contributed by atoms with Crippen LogP contribution in [0.25, 0.3) is 0 Å². The molecule has 0 spiro atoms. The molecule has 0 bridgehead atoms. The van der Waals surface area contributed by atoms with Gasteiger partial charge >= 0.3 is 0 Å². The molecule has 2 N–H and O–H groups in total. The first-order chi connectivity index (χ1) is 11.5. The molecular weight excluding hydrogens is 300 g/mol. The van der Waals surface area contributed by atoms with Gasteiger partial charge in [-0.3, -0.25) is 0 Å². The van der Waals surface area contributed by atoms with Gasteiger partial charge in [0.05, 0.1) is 25.4 Å². The van der Waals surface area contributed by atoms with E-state index in [1.54, 1.807) is 0 Å². The van der Waals surface area contributed by atoms with Crippen molar-refractivity contribution < 1.29 is 14.9 Å². The van der Waals surface area contributed by atoms with Gasteiger partial charge in [0, 0.05) is 0 Å². The van der Waals surface area contributed by atoms with E-state index in [-0.39, 0.29) is 12.7 Å². The zero-order chi connectivity index (χ0) is 16.9. The zero-order valence-electron chi connectivity index (χ0n) is 15.5. The van der Waals surface area contributed by atoms with E-state index in [1.807, 2.05) is 0 Å². The van der Waals surface area contributed by atoms with Gasteiger partial charge in [-0.05, 0) is 92.3 Å². The summed E-state index contributed by atoms with van der Waals surface area (Å²) in [7, 11) is 0. The van der Waals surface area contributed by atoms with E-state index in [0.29, 0.717) is 23.5 Å². The SMILES string of the molecule is C[C@]12CCC(O)C[C@@H]1CC[C@@H]1[C@@H]2CC[C@]2(C)[C@@H](OCCO)CC[C@@H]12. The van der Waals surface area contributed by atoms with Crippen LogP contribution < -0.4 is 0 Å². The average molecular weight is 337 g/mol. The molecule has 0 aromatic carbocycles. The quantitative estimate of drug-likeness (QED) is 0.825. The van der Waals surface area contributed by atoms with Crippen molar-refractivity contribution in [1.82, 2.24) is 0 Å². The van der Waals surface area contributed by atoms with Gasteiger partial charge < -0.3 is 14.9 Å². The van der Waals surface area contributed by atoms with Crippen molar-refractivity contribution in [1.29, 1.82) is 0 Å². The normalized spacial score (nSPS) is 54.0. The number of aliphatic hydroxyl groups excluding tert-OH is 2. The van der Waals surface area contributed by atoms with E-state index in [2.05, 4.69) is 13.8 Å². The number of rotatable bonds is 3. The lowest BCUT2D eigenvalue weighted by Gasteiger charge is -2.60. The standard InChI is InChI=1S/C21H36O3/c1-20-9-7-15(23)13-14(20)3-4-16-17-5-6-19(24-12-11-22)21(17,2)10-8-18(16)20/h14-19,22-23H,3-13H2,1-2H3/t14-,15?,16-,17-,18-,19-,20-,21-/m0/s1. The molecule has 1 unspecified atom stereocenters. The van der Waals surface area contributed by atoms with Crippen LogP contribution in [0.4, 0.5) is 0 Å². The van der Waals surface area contributed by atoms with Crippen molar-refractivity contribution in [2.24, 2.45) is 34.5 Å². The summed E-state index contributed by atoms with van der Waals surface area (Å²) in [5, 5.41) is 19.3. The maximum atomic E-state index is 10.1. The molecule has 0 aliphatic heterocycles. The van der Waals surface area contributed by atoms with Crippen LogP contribution in [0.3, 0.4) is 0 Å². The number of hydrogen-bond donors (Lipinski definition) is 2. The van der Waals surface area contributed by atoms with Crippen molar-refractivity contribution in [3.63, 3.8) is 0 Å². The van der Waals surface area contributed by atoms with Crippen LogP contribution >= 0.6 is 0 Å². The van der Waals surface area contributed by atoms with E-state index in [0.717, 1.165) is 36.5 Å². The van der Waals surface area contributed by atoms with Crippen molar-refractivity contribution in [2.75, 3.05) is 13.2 Å². The van der Waals surface area contributed by atoms with Gasteiger partial charge in [-0.25, -0.2) is 0 Å². The second-order valence-electron chi connectivity index (χ2n) is 9.79. The maximum Gasteiger partial charge on any atom is 0.0701 e. The van der Waals surface area contributed by atoms with Gasteiger partial charge in [-0.1, -0.05) is 13.8 Å². The minimum atomic E-state index is -0.0452. The number of aliphatic hydroxyl groups is 2. The molecule has 0 aromatic rings. The highest BCUT2D eigenvalue weighted by molar-refractivity contribution is 5.09. The Morgan fingerprint density at radius 1 is 0.917 bits per heavy atom. The third kappa shape index (κ3) is 2.49. The Bertz CT molecular complexity index is 466. The second-order valence-corrected chi connectivity index (χ2v) is 9.79. The fraction of sp³-hybridized carbons (Fsp3) is 1.00. The maximum absolute atomic E-state index is 10.1. The molecule has 3 nitrogen and oxygen atoms in total. The molecule has 0 saturated heterocycles. The Hall–Kier alpha value is -0.120. The van der Waals surface area contributed by atoms with Crippen molar-refractivity contribution in [3.05, 3.63) is 0 Å². The Balaban J connectivity index is 1.54. The molecule has 4 aliphatic carbocycles. The van der Waals surface area contributed by atoms with Crippen LogP contribution in [0.5, 0.6) is 0 Å². The second kappa shape index (κ2) is 6.25. The van der Waals surface area contributed by atoms with Crippen LogP contribution in [-0.4, -0.2) is 35.6 Å². The first-order valence-electron chi connectivity index (χ1n) is 10.4. The average Bonchev–Trinajstić information content (AvgIpc) is 2.90. The first kappa shape index (κ1) is 17.3. The molecule has 4 rings (SSSR count). The fourth-order valence-corrected chi connectivity index (χ4v) is 7.66. The first-order valence-corrected chi connectivity index (χ1v) is 10.4. The third-order valence-corrected chi connectivity index (χ3v) is 8.96. The Kier molecular flexibility index (Phi) is 4.50. The number of fused-ring (bicyclic) bond motifs is 5. The van der Waals surface area contributed by atoms with Crippen LogP contribution in [0.15, 0.2) is 0 Å². The van der Waals surface area contributed by atoms with Crippen molar-refractivity contribution in [2.45, 2.75) is 83.8 Å². The van der Waals surface area contributed by atoms with Gasteiger partial charge in [0.2, 0.25) is 0 Å². The molecule has 24 heavy (non-hydrogen) atoms. The minimum Gasteiger partial charge on any atom is -0.394 e. The summed E-state index contributed by atoms with van der Waals surface area (Å²) in [5.74, 6) is 3.28. The third-order valence-electron chi connectivity index (χ3n) is 8.96. The molecule has 138 valence electrons. The van der Waals surface area contributed by atoms with Crippen molar-refractivity contribution >= 4 is 0 Å². The lowest BCUT2D eigenvalue weighted by atomic mass is 9.45. The lowest BCUT2D eigenvalue weighted by molar-refractivity contribution is -0.142. The van der Waals surface area contributed by atoms with Gasteiger partial charge in [0.1, 0.15) is 0 Å². The molecule has 8 atom stereocenters. The predicted molar refractivity (Wildman–Crippen MR) is 94.6 cm³/mol. The molecule has 0 aromatic heterocycles. The molecule has 4 fully saturated rings. The van der Waals surface area contributed by atoms with Crippen molar-refractivity contribution in [3.8, 4) is 0 Å². The largest absolute Gasteiger partial charge is 0.394 e. The molecule has 0 radical (unpaired) electrons. The monoisotopic (exact) mass is 336 g/mol. The van der Waals surface area contributed by atoms with E-state index in [9.17, 15) is 5.11 Å². The minimum absolute atomic E-state index is 0.0452. The van der Waals surface area contributed by atoms with Crippen LogP contribution in [0.1, 0.15) is 71.6 Å². The van der Waals surface area contributed by atoms with Crippen LogP contribution in [-0.2, 0) is 4.74 Å². The molecule has 4 saturated carbocycles. The van der Waals surface area contributed by atoms with E-state index in [1.165, 1.54) is 44.9 Å². The van der Waals surface area contributed by atoms with Crippen LogP contribution in [0.2, 0.25) is 0 Å². The highest BCUT2D eigenvalue weighted by atomic mass is 16.5. The zero-order valence-corrected chi connectivity index (χ0v) is 15.5. The van der Waals surface area contributed by atoms with E-state index < -0.39 is 0 Å². The highest BCUT2D eigenvalue weighted by Gasteiger charge is 2.60. The van der Waals surface area contributed by atoms with Gasteiger partial charge in [-0.2, -0.15) is 0 Å². The topological polar surface area (TPSA) is 49.7 Å². The van der Waals surface area contributed by atoms with Gasteiger partial charge in [0.25, 0.3) is 0 Å². The molecule has 0 amide bonds. The molecule has 0 heterocycles. The Morgan fingerprint density at radius 2 is 1.67 bits per heavy atom. The molecule has 3 heteroatoms. The summed E-state index contributed by atoms with van der Waals surface area (Å²) in [6.45, 7) is 5.67. The smallest absolute Gasteiger partial charge is 0.0701 e. The fourth-order valence-electron chi connectivity index (χ4n) is 7.66. The van der Waals surface area contributed by atoms with E-state index in [4.69, 9.17) is 9.84 Å². The summed E-state index contributed by atoms with van der Waals surface area (Å²) in [5.41, 5.74) is 0.793. The van der Waals surface area contributed by atoms with E-state index >= 15 is 0 Å². The highest BCUT2D eigenvalue weighted by Crippen LogP contribution is 2.66. The lowest BCUT2D eigenvalue weighted by Crippen LogP contribution is -2.54. The summed E-state index contributed by atoms with van der Waals surface area (Å²) in [6.07, 6.45) is 11.4. The Morgan fingerprint density at radius 3 is 2.46 bits per heavy atom. The summed E-state index contributed by atoms with van der Waals surface area (Å²) >= 11 is 0.